The van der Waals surface area contributed by atoms with E-state index >= 15 is 0 Å². The quantitative estimate of drug-likeness (QED) is 0.487. The molecule has 0 radical (unpaired) electrons. The fourth-order valence-corrected chi connectivity index (χ4v) is 3.29. The van der Waals surface area contributed by atoms with Gasteiger partial charge in [-0.05, 0) is 70.5 Å². The first-order chi connectivity index (χ1) is 13.1. The van der Waals surface area contributed by atoms with Crippen LogP contribution in [0.2, 0.25) is 0 Å². The van der Waals surface area contributed by atoms with Gasteiger partial charge in [0.25, 0.3) is 0 Å². The monoisotopic (exact) mass is 372 g/mol. The first kappa shape index (κ1) is 20.0. The minimum absolute atomic E-state index is 0.138. The first-order valence-electron chi connectivity index (χ1n) is 9.92. The molecule has 0 aromatic heterocycles. The van der Waals surface area contributed by atoms with Gasteiger partial charge in [0.05, 0.1) is 0 Å². The van der Waals surface area contributed by atoms with Crippen molar-refractivity contribution in [3.8, 4) is 0 Å². The van der Waals surface area contributed by atoms with E-state index in [4.69, 9.17) is 5.73 Å². The largest absolute Gasteiger partial charge is 0.399 e. The Morgan fingerprint density at radius 2 is 0.786 bits per heavy atom. The molecule has 3 rings (SSSR count). The smallest absolute Gasteiger partial charge is 0.0463 e. The summed E-state index contributed by atoms with van der Waals surface area (Å²) in [5, 5.41) is 0. The molecule has 0 bridgehead atoms. The van der Waals surface area contributed by atoms with Crippen LogP contribution in [0.3, 0.4) is 0 Å². The van der Waals surface area contributed by atoms with Crippen molar-refractivity contribution in [2.24, 2.45) is 0 Å². The average molecular weight is 373 g/mol. The third-order valence-corrected chi connectivity index (χ3v) is 5.13. The van der Waals surface area contributed by atoms with Gasteiger partial charge in [-0.1, -0.05) is 65.8 Å². The fourth-order valence-electron chi connectivity index (χ4n) is 3.29. The highest BCUT2D eigenvalue weighted by Gasteiger charge is 2.18. The van der Waals surface area contributed by atoms with E-state index in [1.54, 1.807) is 0 Å². The van der Waals surface area contributed by atoms with Gasteiger partial charge >= 0.3 is 0 Å². The van der Waals surface area contributed by atoms with E-state index in [9.17, 15) is 0 Å². The van der Waals surface area contributed by atoms with Gasteiger partial charge in [-0.15, -0.1) is 0 Å². The number of nitrogens with zero attached hydrogens (tertiary/aromatic N) is 1. The standard InChI is InChI=1S/C26H32N2/c1-25(2,3)19-7-13-22(14-8-19)28(24-17-11-21(27)12-18-24)23-15-9-20(10-16-23)26(4,5)6/h7-18H,27H2,1-6H3. The van der Waals surface area contributed by atoms with Crippen LogP contribution in [0, 0.1) is 0 Å². The molecule has 0 aliphatic rings. The van der Waals surface area contributed by atoms with Crippen LogP contribution in [0.4, 0.5) is 22.7 Å². The lowest BCUT2D eigenvalue weighted by Gasteiger charge is -2.28. The molecule has 0 atom stereocenters. The van der Waals surface area contributed by atoms with Crippen LogP contribution in [0.1, 0.15) is 52.7 Å². The molecule has 0 spiro atoms. The Balaban J connectivity index is 2.06. The van der Waals surface area contributed by atoms with Crippen LogP contribution in [0.25, 0.3) is 0 Å². The lowest BCUT2D eigenvalue weighted by molar-refractivity contribution is 0.590. The Hall–Kier alpha value is -2.74. The maximum absolute atomic E-state index is 5.92. The highest BCUT2D eigenvalue weighted by atomic mass is 15.1. The summed E-state index contributed by atoms with van der Waals surface area (Å²) in [5.74, 6) is 0. The van der Waals surface area contributed by atoms with Gasteiger partial charge < -0.3 is 10.6 Å². The van der Waals surface area contributed by atoms with Crippen molar-refractivity contribution < 1.29 is 0 Å². The number of rotatable bonds is 3. The highest BCUT2D eigenvalue weighted by molar-refractivity contribution is 5.77. The van der Waals surface area contributed by atoms with Crippen molar-refractivity contribution >= 4 is 22.7 Å². The van der Waals surface area contributed by atoms with Crippen LogP contribution in [0.15, 0.2) is 72.8 Å². The molecule has 3 aromatic rings. The van der Waals surface area contributed by atoms with E-state index < -0.39 is 0 Å². The van der Waals surface area contributed by atoms with Gasteiger partial charge in [-0.2, -0.15) is 0 Å². The van der Waals surface area contributed by atoms with Gasteiger partial charge in [0.1, 0.15) is 0 Å². The second kappa shape index (κ2) is 7.35. The Bertz CT molecular complexity index is 849. The summed E-state index contributed by atoms with van der Waals surface area (Å²) in [4.78, 5) is 2.28. The molecule has 0 saturated heterocycles. The van der Waals surface area contributed by atoms with E-state index in [1.165, 1.54) is 11.1 Å². The van der Waals surface area contributed by atoms with Crippen molar-refractivity contribution in [3.05, 3.63) is 83.9 Å². The molecule has 2 heteroatoms. The molecule has 2 nitrogen and oxygen atoms in total. The highest BCUT2D eigenvalue weighted by Crippen LogP contribution is 2.37. The summed E-state index contributed by atoms with van der Waals surface area (Å²) in [5.41, 5.74) is 13.0. The summed E-state index contributed by atoms with van der Waals surface area (Å²) >= 11 is 0. The third kappa shape index (κ3) is 4.39. The predicted octanol–water partition coefficient (Wildman–Crippen LogP) is 7.33. The predicted molar refractivity (Wildman–Crippen MR) is 123 cm³/mol. The molecule has 2 N–H and O–H groups in total. The normalized spacial score (nSPS) is 12.1. The van der Waals surface area contributed by atoms with Crippen LogP contribution in [-0.2, 0) is 10.8 Å². The zero-order chi connectivity index (χ0) is 20.5. The molecule has 3 aromatic carbocycles. The van der Waals surface area contributed by atoms with E-state index in [0.29, 0.717) is 0 Å². The number of nitrogens with two attached hydrogens (primary N) is 1. The van der Waals surface area contributed by atoms with Crippen LogP contribution >= 0.6 is 0 Å². The molecular weight excluding hydrogens is 340 g/mol. The number of hydrogen-bond acceptors (Lipinski definition) is 2. The lowest BCUT2D eigenvalue weighted by atomic mass is 9.86. The molecule has 146 valence electrons. The Morgan fingerprint density at radius 1 is 0.500 bits per heavy atom. The molecule has 0 unspecified atom stereocenters. The number of benzene rings is 3. The minimum Gasteiger partial charge on any atom is -0.399 e. The average Bonchev–Trinajstić information content (AvgIpc) is 2.63. The SMILES string of the molecule is CC(C)(C)c1ccc(N(c2ccc(N)cc2)c2ccc(C(C)(C)C)cc2)cc1. The van der Waals surface area contributed by atoms with Crippen molar-refractivity contribution in [3.63, 3.8) is 0 Å². The Labute approximate surface area is 170 Å². The van der Waals surface area contributed by atoms with Crippen molar-refractivity contribution in [1.29, 1.82) is 0 Å². The van der Waals surface area contributed by atoms with Crippen molar-refractivity contribution in [1.82, 2.24) is 0 Å². The second-order valence-electron chi connectivity index (χ2n) is 9.52. The summed E-state index contributed by atoms with van der Waals surface area (Å²) in [6.45, 7) is 13.4. The summed E-state index contributed by atoms with van der Waals surface area (Å²) in [6, 6.07) is 25.8. The zero-order valence-corrected chi connectivity index (χ0v) is 18.0. The van der Waals surface area contributed by atoms with Gasteiger partial charge in [0.15, 0.2) is 0 Å². The Kier molecular flexibility index (Phi) is 5.25. The van der Waals surface area contributed by atoms with Crippen LogP contribution in [0.5, 0.6) is 0 Å². The van der Waals surface area contributed by atoms with Crippen molar-refractivity contribution in [2.45, 2.75) is 52.4 Å². The lowest BCUT2D eigenvalue weighted by Crippen LogP contribution is -2.14. The maximum atomic E-state index is 5.92. The Morgan fingerprint density at radius 3 is 1.07 bits per heavy atom. The van der Waals surface area contributed by atoms with E-state index in [-0.39, 0.29) is 10.8 Å². The molecule has 28 heavy (non-hydrogen) atoms. The third-order valence-electron chi connectivity index (χ3n) is 5.13. The molecule has 0 aliphatic heterocycles. The molecular formula is C26H32N2. The van der Waals surface area contributed by atoms with Crippen molar-refractivity contribution in [2.75, 3.05) is 10.6 Å². The molecule has 0 saturated carbocycles. The van der Waals surface area contributed by atoms with Gasteiger partial charge in [0, 0.05) is 22.7 Å². The number of hydrogen-bond donors (Lipinski definition) is 1. The topological polar surface area (TPSA) is 29.3 Å². The summed E-state index contributed by atoms with van der Waals surface area (Å²) < 4.78 is 0. The molecule has 0 amide bonds. The van der Waals surface area contributed by atoms with Gasteiger partial charge in [-0.25, -0.2) is 0 Å². The minimum atomic E-state index is 0.138. The molecule has 0 heterocycles. The summed E-state index contributed by atoms with van der Waals surface area (Å²) in [7, 11) is 0. The number of nitrogen functional groups attached to an aromatic ring is 1. The van der Waals surface area contributed by atoms with E-state index in [0.717, 1.165) is 22.7 Å². The number of anilines is 4. The molecule has 0 fully saturated rings. The van der Waals surface area contributed by atoms with Gasteiger partial charge in [0.2, 0.25) is 0 Å². The zero-order valence-electron chi connectivity index (χ0n) is 18.0. The van der Waals surface area contributed by atoms with Gasteiger partial charge in [-0.3, -0.25) is 0 Å². The summed E-state index contributed by atoms with van der Waals surface area (Å²) in [6.07, 6.45) is 0. The van der Waals surface area contributed by atoms with Crippen LogP contribution < -0.4 is 10.6 Å². The van der Waals surface area contributed by atoms with E-state index in [2.05, 4.69) is 107 Å². The first-order valence-corrected chi connectivity index (χ1v) is 9.92. The second-order valence-corrected chi connectivity index (χ2v) is 9.52. The van der Waals surface area contributed by atoms with Crippen LogP contribution in [-0.4, -0.2) is 0 Å². The molecule has 0 aliphatic carbocycles. The fraction of sp³-hybridized carbons (Fsp3) is 0.308. The van der Waals surface area contributed by atoms with E-state index in [1.807, 2.05) is 12.1 Å². The maximum Gasteiger partial charge on any atom is 0.0463 e.